The molecule has 3 aromatic rings. The van der Waals surface area contributed by atoms with Gasteiger partial charge in [-0.2, -0.15) is 0 Å². The van der Waals surface area contributed by atoms with Gasteiger partial charge in [0.2, 0.25) is 0 Å². The lowest BCUT2D eigenvalue weighted by Gasteiger charge is -2.18. The molecule has 3 nitrogen and oxygen atoms in total. The minimum atomic E-state index is -0.200. The molecule has 1 amide bonds. The number of benzene rings is 3. The van der Waals surface area contributed by atoms with Crippen LogP contribution in [0.15, 0.2) is 77.4 Å². The summed E-state index contributed by atoms with van der Waals surface area (Å²) in [5, 5.41) is 2.52. The molecule has 0 saturated carbocycles. The van der Waals surface area contributed by atoms with Crippen molar-refractivity contribution in [1.29, 1.82) is 0 Å². The van der Waals surface area contributed by atoms with Gasteiger partial charge in [0.15, 0.2) is 5.17 Å². The van der Waals surface area contributed by atoms with Crippen molar-refractivity contribution in [2.45, 2.75) is 12.7 Å². The van der Waals surface area contributed by atoms with Crippen molar-refractivity contribution in [3.05, 3.63) is 104 Å². The van der Waals surface area contributed by atoms with Crippen LogP contribution in [0.4, 0.5) is 5.69 Å². The van der Waals surface area contributed by atoms with Gasteiger partial charge < -0.3 is 0 Å². The molecule has 1 aliphatic rings. The second-order valence-corrected chi connectivity index (χ2v) is 9.19. The maximum absolute atomic E-state index is 13.3. The zero-order chi connectivity index (χ0) is 22.0. The van der Waals surface area contributed by atoms with E-state index in [1.54, 1.807) is 29.2 Å². The fourth-order valence-electron chi connectivity index (χ4n) is 2.99. The van der Waals surface area contributed by atoms with Gasteiger partial charge in [0.05, 0.1) is 5.69 Å². The molecular formula is C24H17Cl3N2OS. The highest BCUT2D eigenvalue weighted by molar-refractivity contribution is 8.13. The molecule has 0 aliphatic carbocycles. The molecule has 0 spiro atoms. The van der Waals surface area contributed by atoms with Gasteiger partial charge in [0.1, 0.15) is 5.70 Å². The van der Waals surface area contributed by atoms with Crippen molar-refractivity contribution < 1.29 is 4.79 Å². The zero-order valence-electron chi connectivity index (χ0n) is 16.5. The molecule has 0 aromatic heterocycles. The summed E-state index contributed by atoms with van der Waals surface area (Å²) in [6.07, 6.45) is 1.76. The maximum Gasteiger partial charge on any atom is 0.283 e. The first-order chi connectivity index (χ1) is 14.9. The second kappa shape index (κ2) is 9.49. The smallest absolute Gasteiger partial charge is 0.266 e. The number of amides is 1. The number of hydrogen-bond acceptors (Lipinski definition) is 3. The predicted octanol–water partition coefficient (Wildman–Crippen LogP) is 7.63. The molecule has 0 unspecified atom stereocenters. The van der Waals surface area contributed by atoms with E-state index in [0.29, 0.717) is 37.4 Å². The summed E-state index contributed by atoms with van der Waals surface area (Å²) in [6, 6.07) is 20.5. The van der Waals surface area contributed by atoms with E-state index < -0.39 is 0 Å². The minimum Gasteiger partial charge on any atom is -0.266 e. The Labute approximate surface area is 200 Å². The Balaban J connectivity index is 1.67. The third-order valence-corrected chi connectivity index (χ3v) is 6.62. The van der Waals surface area contributed by atoms with Crippen LogP contribution >= 0.6 is 46.6 Å². The van der Waals surface area contributed by atoms with Crippen molar-refractivity contribution in [2.24, 2.45) is 4.99 Å². The summed E-state index contributed by atoms with van der Waals surface area (Å²) in [4.78, 5) is 19.5. The first kappa shape index (κ1) is 22.0. The zero-order valence-corrected chi connectivity index (χ0v) is 19.6. The Bertz CT molecular complexity index is 1190. The Kier molecular flexibility index (Phi) is 6.73. The predicted molar refractivity (Wildman–Crippen MR) is 133 cm³/mol. The van der Waals surface area contributed by atoms with Crippen molar-refractivity contribution in [1.82, 2.24) is 0 Å². The normalized spacial score (nSPS) is 15.0. The van der Waals surface area contributed by atoms with Gasteiger partial charge in [-0.15, -0.1) is 0 Å². The summed E-state index contributed by atoms with van der Waals surface area (Å²) in [6.45, 7) is 1.92. The van der Waals surface area contributed by atoms with Gasteiger partial charge in [0.25, 0.3) is 5.91 Å². The Morgan fingerprint density at radius 1 is 0.935 bits per heavy atom. The van der Waals surface area contributed by atoms with Crippen LogP contribution in [0.2, 0.25) is 15.1 Å². The molecule has 156 valence electrons. The quantitative estimate of drug-likeness (QED) is 0.354. The molecule has 7 heteroatoms. The highest BCUT2D eigenvalue weighted by atomic mass is 35.5. The van der Waals surface area contributed by atoms with Crippen LogP contribution in [0.25, 0.3) is 6.08 Å². The summed E-state index contributed by atoms with van der Waals surface area (Å²) in [5.74, 6) is 0.446. The van der Waals surface area contributed by atoms with Crippen LogP contribution in [0.3, 0.4) is 0 Å². The Morgan fingerprint density at radius 2 is 1.58 bits per heavy atom. The summed E-state index contributed by atoms with van der Waals surface area (Å²) in [7, 11) is 0. The van der Waals surface area contributed by atoms with E-state index in [9.17, 15) is 4.79 Å². The number of hydrogen-bond donors (Lipinski definition) is 0. The van der Waals surface area contributed by atoms with Crippen molar-refractivity contribution in [2.75, 3.05) is 4.90 Å². The molecule has 0 atom stereocenters. The molecular weight excluding hydrogens is 471 g/mol. The standard InChI is InChI=1S/C24H17Cl3N2OS/c1-15-2-11-20(13-21(15)27)29-23(30)22(12-16-3-7-18(25)8-4-16)28-24(29)31-14-17-5-9-19(26)10-6-17/h2-13H,14H2,1H3. The largest absolute Gasteiger partial charge is 0.283 e. The number of rotatable bonds is 4. The number of amidine groups is 1. The van der Waals surface area contributed by atoms with Gasteiger partial charge in [-0.25, -0.2) is 4.99 Å². The van der Waals surface area contributed by atoms with Crippen LogP contribution in [0.1, 0.15) is 16.7 Å². The number of carbonyl (C=O) groups is 1. The van der Waals surface area contributed by atoms with Crippen molar-refractivity contribution in [3.8, 4) is 0 Å². The highest BCUT2D eigenvalue weighted by Gasteiger charge is 2.32. The molecule has 3 aromatic carbocycles. The molecule has 4 rings (SSSR count). The number of aliphatic imine (C=N–C) groups is 1. The number of halogens is 3. The maximum atomic E-state index is 13.3. The highest BCUT2D eigenvalue weighted by Crippen LogP contribution is 2.33. The van der Waals surface area contributed by atoms with Crippen LogP contribution in [0.5, 0.6) is 0 Å². The summed E-state index contributed by atoms with van der Waals surface area (Å²) < 4.78 is 0. The lowest BCUT2D eigenvalue weighted by Crippen LogP contribution is -2.30. The Hall–Kier alpha value is -2.24. The van der Waals surface area contributed by atoms with E-state index in [1.165, 1.54) is 11.8 Å². The topological polar surface area (TPSA) is 32.7 Å². The molecule has 0 radical (unpaired) electrons. The third-order valence-electron chi connectivity index (χ3n) is 4.70. The summed E-state index contributed by atoms with van der Waals surface area (Å²) >= 11 is 19.8. The van der Waals surface area contributed by atoms with Crippen molar-refractivity contribution in [3.63, 3.8) is 0 Å². The minimum absolute atomic E-state index is 0.200. The SMILES string of the molecule is Cc1ccc(N2C(=O)C(=Cc3ccc(Cl)cc3)N=C2SCc2ccc(Cl)cc2)cc1Cl. The van der Waals surface area contributed by atoms with Crippen LogP contribution < -0.4 is 4.90 Å². The molecule has 0 N–H and O–H groups in total. The number of anilines is 1. The lowest BCUT2D eigenvalue weighted by atomic mass is 10.2. The van der Waals surface area contributed by atoms with Gasteiger partial charge >= 0.3 is 0 Å². The molecule has 0 fully saturated rings. The van der Waals surface area contributed by atoms with Gasteiger partial charge in [-0.05, 0) is 66.1 Å². The number of thioether (sulfide) groups is 1. The molecule has 0 bridgehead atoms. The van der Waals surface area contributed by atoms with E-state index >= 15 is 0 Å². The van der Waals surface area contributed by atoms with Crippen LogP contribution in [-0.4, -0.2) is 11.1 Å². The Morgan fingerprint density at radius 3 is 2.23 bits per heavy atom. The fourth-order valence-corrected chi connectivity index (χ4v) is 4.38. The molecule has 1 heterocycles. The fraction of sp³-hybridized carbons (Fsp3) is 0.0833. The van der Waals surface area contributed by atoms with Gasteiger partial charge in [0, 0.05) is 20.8 Å². The van der Waals surface area contributed by atoms with E-state index in [-0.39, 0.29) is 5.91 Å². The number of nitrogens with zero attached hydrogens (tertiary/aromatic N) is 2. The van der Waals surface area contributed by atoms with Crippen molar-refractivity contribution >= 4 is 69.4 Å². The lowest BCUT2D eigenvalue weighted by molar-refractivity contribution is -0.113. The van der Waals surface area contributed by atoms with Crippen LogP contribution in [0, 0.1) is 6.92 Å². The second-order valence-electron chi connectivity index (χ2n) is 6.96. The average Bonchev–Trinajstić information content (AvgIpc) is 3.06. The van der Waals surface area contributed by atoms with E-state index in [0.717, 1.165) is 16.7 Å². The monoisotopic (exact) mass is 486 g/mol. The molecule has 1 aliphatic heterocycles. The number of carbonyl (C=O) groups excluding carboxylic acids is 1. The molecule has 0 saturated heterocycles. The van der Waals surface area contributed by atoms with E-state index in [1.807, 2.05) is 55.5 Å². The first-order valence-electron chi connectivity index (χ1n) is 9.44. The first-order valence-corrected chi connectivity index (χ1v) is 11.6. The van der Waals surface area contributed by atoms with Crippen LogP contribution in [-0.2, 0) is 10.5 Å². The number of aryl methyl sites for hydroxylation is 1. The van der Waals surface area contributed by atoms with Gasteiger partial charge in [-0.3, -0.25) is 9.69 Å². The average molecular weight is 488 g/mol. The molecule has 31 heavy (non-hydrogen) atoms. The van der Waals surface area contributed by atoms with Gasteiger partial charge in [-0.1, -0.05) is 76.9 Å². The summed E-state index contributed by atoms with van der Waals surface area (Å²) in [5.41, 5.74) is 3.92. The van der Waals surface area contributed by atoms with E-state index in [2.05, 4.69) is 4.99 Å². The third kappa shape index (κ3) is 5.16. The van der Waals surface area contributed by atoms with E-state index in [4.69, 9.17) is 34.8 Å².